The Labute approximate surface area is 169 Å². The van der Waals surface area contributed by atoms with Crippen LogP contribution in [0.4, 0.5) is 5.82 Å². The van der Waals surface area contributed by atoms with Crippen molar-refractivity contribution in [1.29, 1.82) is 0 Å². The van der Waals surface area contributed by atoms with Gasteiger partial charge in [0.2, 0.25) is 0 Å². The molecule has 0 radical (unpaired) electrons. The van der Waals surface area contributed by atoms with Crippen LogP contribution < -0.4 is 5.32 Å². The summed E-state index contributed by atoms with van der Waals surface area (Å²) in [6.45, 7) is 2.08. The molecule has 0 aliphatic heterocycles. The van der Waals surface area contributed by atoms with E-state index in [1.807, 2.05) is 36.4 Å². The van der Waals surface area contributed by atoms with Crippen LogP contribution in [0.25, 0.3) is 22.0 Å². The van der Waals surface area contributed by atoms with Crippen LogP contribution >= 0.6 is 0 Å². The van der Waals surface area contributed by atoms with E-state index in [1.54, 1.807) is 12.3 Å². The van der Waals surface area contributed by atoms with Crippen molar-refractivity contribution in [1.82, 2.24) is 15.0 Å². The molecule has 0 saturated carbocycles. The largest absolute Gasteiger partial charge is 0.363 e. The van der Waals surface area contributed by atoms with Crippen LogP contribution in [0.1, 0.15) is 18.5 Å². The molecule has 0 aliphatic carbocycles. The van der Waals surface area contributed by atoms with Gasteiger partial charge in [-0.2, -0.15) is 0 Å². The number of hydrogen-bond donors (Lipinski definition) is 1. The van der Waals surface area contributed by atoms with E-state index in [0.717, 1.165) is 33.4 Å². The molecule has 1 N–H and O–H groups in total. The molecule has 29 heavy (non-hydrogen) atoms. The van der Waals surface area contributed by atoms with E-state index in [4.69, 9.17) is 0 Å². The minimum Gasteiger partial charge on any atom is -0.363 e. The van der Waals surface area contributed by atoms with E-state index in [-0.39, 0.29) is 10.9 Å². The minimum absolute atomic E-state index is 0.0631. The van der Waals surface area contributed by atoms with Gasteiger partial charge in [-0.05, 0) is 36.2 Å². The number of fused-ring (bicyclic) bond motifs is 1. The van der Waals surface area contributed by atoms with Gasteiger partial charge in [0.05, 0.1) is 10.4 Å². The molecule has 4 aromatic rings. The molecule has 0 saturated heterocycles. The summed E-state index contributed by atoms with van der Waals surface area (Å²) in [5, 5.41) is 4.31. The highest BCUT2D eigenvalue weighted by Gasteiger charge is 2.12. The van der Waals surface area contributed by atoms with Crippen molar-refractivity contribution in [3.63, 3.8) is 0 Å². The van der Waals surface area contributed by atoms with Crippen molar-refractivity contribution in [3.05, 3.63) is 78.9 Å². The smallest absolute Gasteiger partial charge is 0.177 e. The zero-order valence-electron chi connectivity index (χ0n) is 16.1. The molecule has 6 nitrogen and oxygen atoms in total. The van der Waals surface area contributed by atoms with E-state index < -0.39 is 9.84 Å². The Morgan fingerprint density at radius 2 is 1.72 bits per heavy atom. The summed E-state index contributed by atoms with van der Waals surface area (Å²) in [6, 6.07) is 17.6. The lowest BCUT2D eigenvalue weighted by molar-refractivity contribution is 0.601. The van der Waals surface area contributed by atoms with Gasteiger partial charge < -0.3 is 5.32 Å². The second-order valence-corrected chi connectivity index (χ2v) is 8.93. The molecule has 2 aromatic heterocycles. The Bertz CT molecular complexity index is 1270. The third kappa shape index (κ3) is 4.09. The molecule has 7 heteroatoms. The van der Waals surface area contributed by atoms with Gasteiger partial charge in [0, 0.05) is 35.6 Å². The summed E-state index contributed by atoms with van der Waals surface area (Å²) in [7, 11) is -3.33. The Balaban J connectivity index is 1.75. The lowest BCUT2D eigenvalue weighted by atomic mass is 10.0. The second kappa shape index (κ2) is 7.60. The first-order chi connectivity index (χ1) is 13.9. The van der Waals surface area contributed by atoms with Gasteiger partial charge in [0.25, 0.3) is 0 Å². The predicted molar refractivity (Wildman–Crippen MR) is 114 cm³/mol. The first-order valence-electron chi connectivity index (χ1n) is 9.13. The molecule has 4 rings (SSSR count). The fourth-order valence-electron chi connectivity index (χ4n) is 3.16. The number of nitrogens with one attached hydrogen (secondary N) is 1. The first-order valence-corrected chi connectivity index (χ1v) is 11.0. The number of sulfone groups is 1. The molecular formula is C22H20N4O2S. The van der Waals surface area contributed by atoms with Crippen molar-refractivity contribution in [3.8, 4) is 11.1 Å². The fourth-order valence-corrected chi connectivity index (χ4v) is 3.75. The summed E-state index contributed by atoms with van der Waals surface area (Å²) in [6.07, 6.45) is 5.72. The summed E-state index contributed by atoms with van der Waals surface area (Å²) >= 11 is 0. The molecule has 146 valence electrons. The second-order valence-electron chi connectivity index (χ2n) is 6.91. The van der Waals surface area contributed by atoms with Crippen molar-refractivity contribution < 1.29 is 8.42 Å². The van der Waals surface area contributed by atoms with Gasteiger partial charge in [-0.3, -0.25) is 4.98 Å². The van der Waals surface area contributed by atoms with E-state index in [9.17, 15) is 8.42 Å². The minimum atomic E-state index is -3.33. The lowest BCUT2D eigenvalue weighted by Crippen LogP contribution is -2.08. The highest BCUT2D eigenvalue weighted by Crippen LogP contribution is 2.29. The van der Waals surface area contributed by atoms with Crippen LogP contribution in [0.5, 0.6) is 0 Å². The normalized spacial score (nSPS) is 12.6. The zero-order valence-corrected chi connectivity index (χ0v) is 16.9. The fraction of sp³-hybridized carbons (Fsp3) is 0.136. The zero-order chi connectivity index (χ0) is 20.4. The Morgan fingerprint density at radius 1 is 0.931 bits per heavy atom. The van der Waals surface area contributed by atoms with E-state index in [1.165, 1.54) is 18.8 Å². The van der Waals surface area contributed by atoms with Crippen LogP contribution in [0.15, 0.2) is 78.2 Å². The van der Waals surface area contributed by atoms with Crippen molar-refractivity contribution in [2.24, 2.45) is 0 Å². The predicted octanol–water partition coefficient (Wildman–Crippen LogP) is 4.27. The third-order valence-electron chi connectivity index (χ3n) is 4.76. The third-order valence-corrected chi connectivity index (χ3v) is 5.84. The molecule has 0 bridgehead atoms. The molecule has 0 fully saturated rings. The SMILES string of the molecule is CC(Nc1ncnc2ccc(-c3cncc(S(C)(=O)=O)c3)cc12)c1ccccc1. The van der Waals surface area contributed by atoms with E-state index >= 15 is 0 Å². The maximum absolute atomic E-state index is 11.9. The molecule has 0 aliphatic rings. The summed E-state index contributed by atoms with van der Waals surface area (Å²) in [5.41, 5.74) is 3.53. The van der Waals surface area contributed by atoms with Gasteiger partial charge in [-0.25, -0.2) is 18.4 Å². The van der Waals surface area contributed by atoms with Crippen molar-refractivity contribution >= 4 is 26.6 Å². The average molecular weight is 404 g/mol. The number of rotatable bonds is 5. The highest BCUT2D eigenvalue weighted by molar-refractivity contribution is 7.90. The molecular weight excluding hydrogens is 384 g/mol. The molecule has 0 spiro atoms. The number of hydrogen-bond acceptors (Lipinski definition) is 6. The van der Waals surface area contributed by atoms with E-state index in [0.29, 0.717) is 0 Å². The maximum atomic E-state index is 11.9. The Morgan fingerprint density at radius 3 is 2.48 bits per heavy atom. The lowest BCUT2D eigenvalue weighted by Gasteiger charge is -2.16. The molecule has 0 amide bonds. The number of benzene rings is 2. The maximum Gasteiger partial charge on any atom is 0.177 e. The number of anilines is 1. The van der Waals surface area contributed by atoms with Crippen molar-refractivity contribution in [2.75, 3.05) is 11.6 Å². The van der Waals surface area contributed by atoms with Crippen molar-refractivity contribution in [2.45, 2.75) is 17.9 Å². The molecule has 2 heterocycles. The van der Waals surface area contributed by atoms with Gasteiger partial charge in [0.1, 0.15) is 12.1 Å². The first kappa shape index (κ1) is 19.0. The molecule has 1 unspecified atom stereocenters. The summed E-state index contributed by atoms with van der Waals surface area (Å²) in [5.74, 6) is 0.723. The number of pyridine rings is 1. The topological polar surface area (TPSA) is 84.8 Å². The standard InChI is InChI=1S/C22H20N4O2S/c1-15(16-6-4-3-5-7-16)26-22-20-11-17(8-9-21(20)24-14-25-22)18-10-19(13-23-12-18)29(2,27)28/h3-15H,1-2H3,(H,24,25,26). The van der Waals surface area contributed by atoms with Gasteiger partial charge in [-0.15, -0.1) is 0 Å². The molecule has 1 atom stereocenters. The van der Waals surface area contributed by atoms with E-state index in [2.05, 4.69) is 39.3 Å². The average Bonchev–Trinajstić information content (AvgIpc) is 2.74. The van der Waals surface area contributed by atoms with Gasteiger partial charge >= 0.3 is 0 Å². The number of aromatic nitrogens is 3. The van der Waals surface area contributed by atoms with Crippen LogP contribution in [0.3, 0.4) is 0 Å². The quantitative estimate of drug-likeness (QED) is 0.535. The highest BCUT2D eigenvalue weighted by atomic mass is 32.2. The monoisotopic (exact) mass is 404 g/mol. The Hall–Kier alpha value is -3.32. The van der Waals surface area contributed by atoms with Crippen LogP contribution in [-0.2, 0) is 9.84 Å². The van der Waals surface area contributed by atoms with Gasteiger partial charge in [-0.1, -0.05) is 36.4 Å². The van der Waals surface area contributed by atoms with Gasteiger partial charge in [0.15, 0.2) is 9.84 Å². The van der Waals surface area contributed by atoms with Crippen LogP contribution in [0, 0.1) is 0 Å². The Kier molecular flexibility index (Phi) is 4.98. The van der Waals surface area contributed by atoms with Crippen LogP contribution in [-0.4, -0.2) is 29.6 Å². The molecule has 2 aromatic carbocycles. The van der Waals surface area contributed by atoms with Crippen LogP contribution in [0.2, 0.25) is 0 Å². The summed E-state index contributed by atoms with van der Waals surface area (Å²) < 4.78 is 23.7. The number of nitrogens with zero attached hydrogens (tertiary/aromatic N) is 3. The summed E-state index contributed by atoms with van der Waals surface area (Å²) in [4.78, 5) is 13.1.